The summed E-state index contributed by atoms with van der Waals surface area (Å²) in [7, 11) is 0. The van der Waals surface area contributed by atoms with Gasteiger partial charge in [0.25, 0.3) is 0 Å². The molecular weight excluding hydrogens is 256 g/mol. The van der Waals surface area contributed by atoms with Crippen LogP contribution < -0.4 is 0 Å². The van der Waals surface area contributed by atoms with E-state index in [1.165, 1.54) is 22.0 Å². The minimum absolute atomic E-state index is 0.310. The molecule has 0 aromatic carbocycles. The lowest BCUT2D eigenvalue weighted by molar-refractivity contribution is -0.128. The lowest BCUT2D eigenvalue weighted by Crippen LogP contribution is -2.35. The molecule has 0 aromatic rings. The molecule has 104 valence electrons. The van der Waals surface area contributed by atoms with Crippen LogP contribution >= 0.6 is 0 Å². The summed E-state index contributed by atoms with van der Waals surface area (Å²) in [6.45, 7) is 1.11. The number of nitriles is 2. The van der Waals surface area contributed by atoms with Gasteiger partial charge < -0.3 is 9.80 Å². The molecule has 0 aromatic heterocycles. The molecule has 2 atom stereocenters. The van der Waals surface area contributed by atoms with Gasteiger partial charge in [0.15, 0.2) is 0 Å². The zero-order valence-corrected chi connectivity index (χ0v) is 11.2. The maximum absolute atomic E-state index is 11.9. The van der Waals surface area contributed by atoms with Gasteiger partial charge in [0, 0.05) is 25.2 Å². The Morgan fingerprint density at radius 3 is 1.65 bits per heavy atom. The van der Waals surface area contributed by atoms with Crippen LogP contribution in [0.5, 0.6) is 0 Å². The van der Waals surface area contributed by atoms with Gasteiger partial charge in [-0.2, -0.15) is 10.5 Å². The van der Waals surface area contributed by atoms with Crippen LogP contribution in [0.3, 0.4) is 0 Å². The number of hydrogen-bond acceptors (Lipinski definition) is 4. The molecule has 0 saturated carbocycles. The van der Waals surface area contributed by atoms with Crippen LogP contribution in [0.4, 0.5) is 0 Å². The second-order valence-electron chi connectivity index (χ2n) is 4.97. The van der Waals surface area contributed by atoms with Crippen molar-refractivity contribution < 1.29 is 9.59 Å². The maximum atomic E-state index is 11.9. The van der Waals surface area contributed by atoms with Crippen molar-refractivity contribution in [3.05, 3.63) is 12.2 Å². The minimum Gasteiger partial charge on any atom is -0.323 e. The molecule has 2 heterocycles. The predicted octanol–water partition coefficient (Wildman–Crippen LogP) is 0.572. The second-order valence-corrected chi connectivity index (χ2v) is 4.97. The molecule has 6 nitrogen and oxygen atoms in total. The van der Waals surface area contributed by atoms with Crippen LogP contribution in [0.1, 0.15) is 25.7 Å². The van der Waals surface area contributed by atoms with Crippen LogP contribution in [-0.4, -0.2) is 46.8 Å². The average Bonchev–Trinajstić information content (AvgIpc) is 3.11. The molecule has 2 fully saturated rings. The Labute approximate surface area is 117 Å². The van der Waals surface area contributed by atoms with Crippen LogP contribution in [0.25, 0.3) is 0 Å². The summed E-state index contributed by atoms with van der Waals surface area (Å²) in [4.78, 5) is 26.8. The highest BCUT2D eigenvalue weighted by Gasteiger charge is 2.29. The molecule has 20 heavy (non-hydrogen) atoms. The fraction of sp³-hybridized carbons (Fsp3) is 0.571. The topological polar surface area (TPSA) is 88.2 Å². The molecule has 2 saturated heterocycles. The van der Waals surface area contributed by atoms with Crippen LogP contribution in [-0.2, 0) is 9.59 Å². The number of amides is 2. The Hall–Kier alpha value is -2.34. The third-order valence-corrected chi connectivity index (χ3v) is 3.74. The molecule has 1 unspecified atom stereocenters. The minimum atomic E-state index is -0.388. The summed E-state index contributed by atoms with van der Waals surface area (Å²) < 4.78 is 0. The van der Waals surface area contributed by atoms with Crippen molar-refractivity contribution in [2.24, 2.45) is 0 Å². The fourth-order valence-corrected chi connectivity index (χ4v) is 2.66. The maximum Gasteiger partial charge on any atom is 0.247 e. The van der Waals surface area contributed by atoms with E-state index in [2.05, 4.69) is 12.1 Å². The third-order valence-electron chi connectivity index (χ3n) is 3.74. The van der Waals surface area contributed by atoms with Crippen molar-refractivity contribution in [2.75, 3.05) is 13.1 Å². The van der Waals surface area contributed by atoms with Crippen LogP contribution in [0.2, 0.25) is 0 Å². The Morgan fingerprint density at radius 1 is 0.900 bits per heavy atom. The molecule has 0 N–H and O–H groups in total. The fourth-order valence-electron chi connectivity index (χ4n) is 2.66. The third kappa shape index (κ3) is 2.80. The normalized spacial score (nSPS) is 25.7. The van der Waals surface area contributed by atoms with Gasteiger partial charge in [-0.05, 0) is 25.7 Å². The van der Waals surface area contributed by atoms with E-state index >= 15 is 0 Å². The van der Waals surface area contributed by atoms with Crippen molar-refractivity contribution in [3.63, 3.8) is 0 Å². The second kappa shape index (κ2) is 6.21. The van der Waals surface area contributed by atoms with E-state index in [9.17, 15) is 9.59 Å². The summed E-state index contributed by atoms with van der Waals surface area (Å²) in [5.74, 6) is -0.620. The van der Waals surface area contributed by atoms with Gasteiger partial charge in [-0.15, -0.1) is 0 Å². The van der Waals surface area contributed by atoms with Crippen molar-refractivity contribution in [2.45, 2.75) is 37.8 Å². The van der Waals surface area contributed by atoms with Gasteiger partial charge in [0.2, 0.25) is 11.8 Å². The highest BCUT2D eigenvalue weighted by Crippen LogP contribution is 2.18. The van der Waals surface area contributed by atoms with E-state index in [0.717, 1.165) is 12.8 Å². The quantitative estimate of drug-likeness (QED) is 0.687. The molecule has 2 amide bonds. The zero-order valence-electron chi connectivity index (χ0n) is 11.2. The van der Waals surface area contributed by atoms with E-state index in [-0.39, 0.29) is 23.9 Å². The van der Waals surface area contributed by atoms with Crippen molar-refractivity contribution in [1.29, 1.82) is 10.5 Å². The van der Waals surface area contributed by atoms with Crippen molar-refractivity contribution in [3.8, 4) is 12.1 Å². The van der Waals surface area contributed by atoms with E-state index < -0.39 is 0 Å². The Kier molecular flexibility index (Phi) is 4.37. The Bertz CT molecular complexity index is 468. The number of likely N-dealkylation sites (tertiary alicyclic amines) is 2. The summed E-state index contributed by atoms with van der Waals surface area (Å²) in [5, 5.41) is 17.8. The number of carbonyl (C=O) groups is 2. The van der Waals surface area contributed by atoms with Crippen LogP contribution in [0, 0.1) is 22.7 Å². The monoisotopic (exact) mass is 272 g/mol. The van der Waals surface area contributed by atoms with Gasteiger partial charge >= 0.3 is 0 Å². The molecule has 0 spiro atoms. The number of nitrogens with zero attached hydrogens (tertiary/aromatic N) is 4. The zero-order chi connectivity index (χ0) is 14.5. The van der Waals surface area contributed by atoms with Crippen molar-refractivity contribution >= 4 is 11.8 Å². The first-order valence-electron chi connectivity index (χ1n) is 6.76. The van der Waals surface area contributed by atoms with Crippen molar-refractivity contribution in [1.82, 2.24) is 9.80 Å². The standard InChI is InChI=1S/C14H16N4O2/c15-9-11-3-1-7-17(11)13(19)5-6-14(20)18-8-2-4-12(18)10-16/h5-6,11-12H,1-4,7-8H2/b6-5+/t11-,12?/m0/s1. The SMILES string of the molecule is N#CC1CCCN1C(=O)/C=C/C(=O)N1CCC[C@H]1C#N. The Balaban J connectivity index is 1.96. The van der Waals surface area contributed by atoms with E-state index in [4.69, 9.17) is 10.5 Å². The molecular formula is C14H16N4O2. The molecule has 0 radical (unpaired) electrons. The molecule has 0 aliphatic carbocycles. The van der Waals surface area contributed by atoms with Gasteiger partial charge in [0.05, 0.1) is 12.1 Å². The highest BCUT2D eigenvalue weighted by molar-refractivity contribution is 5.97. The number of carbonyl (C=O) groups excluding carboxylic acids is 2. The van der Waals surface area contributed by atoms with Gasteiger partial charge in [-0.1, -0.05) is 0 Å². The predicted molar refractivity (Wildman–Crippen MR) is 69.8 cm³/mol. The molecule has 6 heteroatoms. The van der Waals surface area contributed by atoms with E-state index in [1.807, 2.05) is 0 Å². The Morgan fingerprint density at radius 2 is 1.30 bits per heavy atom. The molecule has 0 bridgehead atoms. The van der Waals surface area contributed by atoms with E-state index in [0.29, 0.717) is 25.9 Å². The smallest absolute Gasteiger partial charge is 0.247 e. The van der Waals surface area contributed by atoms with E-state index in [1.54, 1.807) is 0 Å². The molecule has 2 rings (SSSR count). The van der Waals surface area contributed by atoms with Gasteiger partial charge in [-0.3, -0.25) is 9.59 Å². The summed E-state index contributed by atoms with van der Waals surface area (Å²) in [6, 6.07) is 3.40. The highest BCUT2D eigenvalue weighted by atomic mass is 16.2. The lowest BCUT2D eigenvalue weighted by Gasteiger charge is -2.18. The first-order valence-corrected chi connectivity index (χ1v) is 6.76. The lowest BCUT2D eigenvalue weighted by atomic mass is 10.2. The number of hydrogen-bond donors (Lipinski definition) is 0. The average molecular weight is 272 g/mol. The van der Waals surface area contributed by atoms with Crippen LogP contribution in [0.15, 0.2) is 12.2 Å². The first kappa shape index (κ1) is 14.1. The largest absolute Gasteiger partial charge is 0.323 e. The van der Waals surface area contributed by atoms with Gasteiger partial charge in [-0.25, -0.2) is 0 Å². The summed E-state index contributed by atoms with van der Waals surface area (Å²) in [6.07, 6.45) is 5.43. The molecule has 2 aliphatic heterocycles. The number of rotatable bonds is 2. The summed E-state index contributed by atoms with van der Waals surface area (Å²) >= 11 is 0. The summed E-state index contributed by atoms with van der Waals surface area (Å²) in [5.41, 5.74) is 0. The van der Waals surface area contributed by atoms with Gasteiger partial charge in [0.1, 0.15) is 12.1 Å². The molecule has 2 aliphatic rings. The first-order chi connectivity index (χ1) is 9.67.